The van der Waals surface area contributed by atoms with Gasteiger partial charge < -0.3 is 14.4 Å². The van der Waals surface area contributed by atoms with Crippen molar-refractivity contribution >= 4 is 66.7 Å². The molecule has 0 spiro atoms. The number of benzene rings is 4. The van der Waals surface area contributed by atoms with Crippen molar-refractivity contribution < 1.29 is 24.5 Å². The van der Waals surface area contributed by atoms with E-state index in [2.05, 4.69) is 122 Å². The van der Waals surface area contributed by atoms with Crippen LogP contribution in [-0.4, -0.2) is 18.0 Å². The molecule has 0 aliphatic rings. The molecule has 46 heavy (non-hydrogen) atoms. The van der Waals surface area contributed by atoms with Gasteiger partial charge in [0.1, 0.15) is 5.58 Å². The summed E-state index contributed by atoms with van der Waals surface area (Å²) in [6.07, 6.45) is 3.89. The quantitative estimate of drug-likeness (QED) is 0.131. The number of nitrogens with zero attached hydrogens (tertiary/aromatic N) is 2. The predicted octanol–water partition coefficient (Wildman–Crippen LogP) is 11.0. The van der Waals surface area contributed by atoms with Crippen molar-refractivity contribution in [3.63, 3.8) is 0 Å². The van der Waals surface area contributed by atoms with Gasteiger partial charge in [-0.1, -0.05) is 86.4 Å². The van der Waals surface area contributed by atoms with Crippen molar-refractivity contribution in [3.05, 3.63) is 127 Å². The first-order chi connectivity index (χ1) is 21.8. The van der Waals surface area contributed by atoms with E-state index in [-0.39, 0.29) is 20.1 Å². The molecular weight excluding hydrogens is 777 g/mol. The molecule has 0 aliphatic carbocycles. The van der Waals surface area contributed by atoms with E-state index in [1.165, 1.54) is 30.9 Å². The van der Waals surface area contributed by atoms with Gasteiger partial charge in [-0.2, -0.15) is 0 Å². The molecule has 4 heterocycles. The number of hydrogen-bond donors (Lipinski definition) is 0. The summed E-state index contributed by atoms with van der Waals surface area (Å²) >= 11 is 1.81. The zero-order chi connectivity index (χ0) is 31.1. The fourth-order valence-corrected chi connectivity index (χ4v) is 7.79. The Bertz CT molecular complexity index is 2280. The van der Waals surface area contributed by atoms with Gasteiger partial charge in [0.15, 0.2) is 0 Å². The van der Waals surface area contributed by atoms with Crippen LogP contribution < -0.4 is 5.19 Å². The van der Waals surface area contributed by atoms with Gasteiger partial charge >= 0.3 is 0 Å². The van der Waals surface area contributed by atoms with Crippen LogP contribution in [0.1, 0.15) is 25.3 Å². The minimum atomic E-state index is -1.23. The van der Waals surface area contributed by atoms with Crippen molar-refractivity contribution in [1.29, 1.82) is 0 Å². The molecule has 4 aromatic carbocycles. The van der Waals surface area contributed by atoms with Gasteiger partial charge in [0.25, 0.3) is 0 Å². The first-order valence-corrected chi connectivity index (χ1v) is 19.7. The van der Waals surface area contributed by atoms with E-state index in [4.69, 9.17) is 4.42 Å². The number of aromatic nitrogens is 2. The molecule has 0 amide bonds. The van der Waals surface area contributed by atoms with Crippen molar-refractivity contribution in [2.75, 3.05) is 0 Å². The third-order valence-corrected chi connectivity index (χ3v) is 11.4. The molecule has 6 heteroatoms. The zero-order valence-electron chi connectivity index (χ0n) is 26.5. The molecule has 0 bridgehead atoms. The minimum Gasteiger partial charge on any atom is -0.501 e. The van der Waals surface area contributed by atoms with Crippen molar-refractivity contribution in [3.8, 4) is 22.5 Å². The van der Waals surface area contributed by atoms with Gasteiger partial charge in [0, 0.05) is 58.1 Å². The second-order valence-electron chi connectivity index (χ2n) is 12.7. The Morgan fingerprint density at radius 2 is 1.54 bits per heavy atom. The standard InChI is InChI=1S/C26H18NOS.C14H16NSi.Ir/c1-15(2)16-10-11-27-22(12-16)19-8-5-7-18-20-13-21-17-6-3-4-9-24(17)29-25(21)14-23(20)28-26(18)19;1-16(2,3)13-9-10-14(15-11-13)12-7-5-4-6-8-12;/h3-7,9-15H,1-2H3;4-7,9-11H,1-3H3;/q2*-1;. The van der Waals surface area contributed by atoms with Crippen LogP contribution in [0.15, 0.2) is 114 Å². The molecule has 0 atom stereocenters. The van der Waals surface area contributed by atoms with Gasteiger partial charge in [0.05, 0.1) is 13.7 Å². The summed E-state index contributed by atoms with van der Waals surface area (Å²) in [6, 6.07) is 40.1. The van der Waals surface area contributed by atoms with E-state index < -0.39 is 8.07 Å². The summed E-state index contributed by atoms with van der Waals surface area (Å²) < 4.78 is 8.94. The van der Waals surface area contributed by atoms with Crippen LogP contribution in [0.5, 0.6) is 0 Å². The van der Waals surface area contributed by atoms with E-state index in [0.29, 0.717) is 5.92 Å². The van der Waals surface area contributed by atoms with Gasteiger partial charge in [0.2, 0.25) is 0 Å². The van der Waals surface area contributed by atoms with Crippen LogP contribution in [0.4, 0.5) is 0 Å². The number of thiophene rings is 1. The summed E-state index contributed by atoms with van der Waals surface area (Å²) in [6.45, 7) is 11.4. The number of hydrogen-bond acceptors (Lipinski definition) is 4. The summed E-state index contributed by atoms with van der Waals surface area (Å²) in [5, 5.41) is 6.24. The molecule has 8 aromatic rings. The molecule has 0 N–H and O–H groups in total. The van der Waals surface area contributed by atoms with Crippen molar-refractivity contribution in [1.82, 2.24) is 9.97 Å². The second kappa shape index (κ2) is 13.1. The van der Waals surface area contributed by atoms with Crippen LogP contribution in [0.3, 0.4) is 0 Å². The van der Waals surface area contributed by atoms with E-state index in [1.807, 2.05) is 54.1 Å². The van der Waals surface area contributed by atoms with Gasteiger partial charge in [-0.05, 0) is 46.8 Å². The molecule has 0 aliphatic heterocycles. The monoisotopic (exact) mass is 811 g/mol. The van der Waals surface area contributed by atoms with Gasteiger partial charge in [-0.25, -0.2) is 0 Å². The van der Waals surface area contributed by atoms with Gasteiger partial charge in [-0.15, -0.1) is 65.4 Å². The number of pyridine rings is 2. The van der Waals surface area contributed by atoms with Crippen LogP contribution in [0.2, 0.25) is 19.6 Å². The normalized spacial score (nSPS) is 11.6. The topological polar surface area (TPSA) is 38.9 Å². The summed E-state index contributed by atoms with van der Waals surface area (Å²) in [5.74, 6) is 0.451. The summed E-state index contributed by atoms with van der Waals surface area (Å²) in [7, 11) is -1.23. The van der Waals surface area contributed by atoms with Crippen LogP contribution in [-0.2, 0) is 20.1 Å². The number of rotatable bonds is 4. The maximum atomic E-state index is 6.38. The Kier molecular flexibility index (Phi) is 9.09. The molecule has 4 aromatic heterocycles. The average Bonchev–Trinajstić information content (AvgIpc) is 3.61. The largest absolute Gasteiger partial charge is 0.501 e. The van der Waals surface area contributed by atoms with E-state index >= 15 is 0 Å². The molecule has 3 nitrogen and oxygen atoms in total. The van der Waals surface area contributed by atoms with Crippen LogP contribution in [0, 0.1) is 12.1 Å². The average molecular weight is 811 g/mol. The van der Waals surface area contributed by atoms with Crippen molar-refractivity contribution in [2.45, 2.75) is 39.4 Å². The molecule has 1 radical (unpaired) electrons. The molecular formula is C40H34IrN2OSSi-2. The molecule has 231 valence electrons. The third kappa shape index (κ3) is 6.23. The summed E-state index contributed by atoms with van der Waals surface area (Å²) in [5.41, 5.74) is 6.94. The smallest absolute Gasteiger partial charge is 0.122 e. The number of fused-ring (bicyclic) bond motifs is 6. The van der Waals surface area contributed by atoms with Crippen molar-refractivity contribution in [2.24, 2.45) is 0 Å². The Labute approximate surface area is 288 Å². The van der Waals surface area contributed by atoms with E-state index in [9.17, 15) is 0 Å². The van der Waals surface area contributed by atoms with Gasteiger partial charge in [-0.3, -0.25) is 0 Å². The Morgan fingerprint density at radius 3 is 2.28 bits per heavy atom. The molecule has 0 saturated carbocycles. The summed E-state index contributed by atoms with van der Waals surface area (Å²) in [4.78, 5) is 9.13. The first kappa shape index (κ1) is 32.0. The fraction of sp³-hybridized carbons (Fsp3) is 0.150. The Balaban J connectivity index is 0.000000187. The fourth-order valence-electron chi connectivity index (χ4n) is 5.64. The zero-order valence-corrected chi connectivity index (χ0v) is 30.7. The van der Waals surface area contributed by atoms with Crippen LogP contribution >= 0.6 is 11.3 Å². The van der Waals surface area contributed by atoms with E-state index in [0.717, 1.165) is 44.5 Å². The predicted molar refractivity (Wildman–Crippen MR) is 194 cm³/mol. The SMILES string of the molecule is CC(C)c1ccnc(-c2[c-]ccc3c2oc2cc4sc5ccccc5c4cc23)c1.C[Si](C)(C)c1ccc(-c2[c-]cccc2)nc1.[Ir]. The Hall–Kier alpha value is -3.93. The van der Waals surface area contributed by atoms with Crippen LogP contribution in [0.25, 0.3) is 64.6 Å². The molecule has 0 unspecified atom stereocenters. The maximum Gasteiger partial charge on any atom is 0.122 e. The molecule has 0 fully saturated rings. The maximum absolute atomic E-state index is 6.38. The van der Waals surface area contributed by atoms with E-state index in [1.54, 1.807) is 0 Å². The minimum absolute atomic E-state index is 0. The molecule has 0 saturated heterocycles. The molecule has 8 rings (SSSR count). The second-order valence-corrected chi connectivity index (χ2v) is 18.9. The first-order valence-electron chi connectivity index (χ1n) is 15.3. The third-order valence-electron chi connectivity index (χ3n) is 8.25. The number of furan rings is 1. The Morgan fingerprint density at radius 1 is 0.717 bits per heavy atom.